The second-order valence-electron chi connectivity index (χ2n) is 5.92. The van der Waals surface area contributed by atoms with Crippen molar-refractivity contribution in [1.29, 1.82) is 0 Å². The molecule has 0 aliphatic heterocycles. The van der Waals surface area contributed by atoms with Crippen LogP contribution in [0.1, 0.15) is 41.7 Å². The van der Waals surface area contributed by atoms with Crippen molar-refractivity contribution in [2.45, 2.75) is 25.3 Å². The minimum atomic E-state index is -1.00. The number of para-hydroxylation sites is 1. The molecule has 2 aromatic heterocycles. The van der Waals surface area contributed by atoms with Gasteiger partial charge in [-0.1, -0.05) is 25.1 Å². The first kappa shape index (κ1) is 18.2. The average Bonchev–Trinajstić information content (AvgIpc) is 3.33. The minimum absolute atomic E-state index is 0.167. The molecule has 0 radical (unpaired) electrons. The monoisotopic (exact) mass is 371 g/mol. The van der Waals surface area contributed by atoms with Gasteiger partial charge in [-0.3, -0.25) is 0 Å². The van der Waals surface area contributed by atoms with Gasteiger partial charge in [0.1, 0.15) is 17.3 Å². The summed E-state index contributed by atoms with van der Waals surface area (Å²) in [5.41, 5.74) is 1.84. The number of furan rings is 2. The molecule has 2 atom stereocenters. The van der Waals surface area contributed by atoms with Crippen molar-refractivity contribution in [1.82, 2.24) is 0 Å². The number of benzene rings is 1. The fourth-order valence-electron chi connectivity index (χ4n) is 2.90. The molecular weight excluding hydrogens is 350 g/mol. The first-order chi connectivity index (χ1) is 12.6. The molecule has 0 aliphatic carbocycles. The van der Waals surface area contributed by atoms with E-state index in [4.69, 9.17) is 8.83 Å². The number of rotatable bonds is 8. The van der Waals surface area contributed by atoms with E-state index < -0.39 is 12.0 Å². The summed E-state index contributed by atoms with van der Waals surface area (Å²) >= 11 is 4.37. The number of carboxylic acids is 1. The maximum Gasteiger partial charge on any atom is 0.334 e. The molecule has 0 saturated heterocycles. The SMILES string of the molecule is CCc1ccccc1NC(C(=O)O)c1ccc(C(CS)c2ccco2)o1. The fraction of sp³-hybridized carbons (Fsp3) is 0.250. The van der Waals surface area contributed by atoms with E-state index in [1.54, 1.807) is 24.5 Å². The predicted molar refractivity (Wildman–Crippen MR) is 103 cm³/mol. The Balaban J connectivity index is 1.88. The van der Waals surface area contributed by atoms with Gasteiger partial charge < -0.3 is 19.3 Å². The fourth-order valence-corrected chi connectivity index (χ4v) is 3.26. The zero-order chi connectivity index (χ0) is 18.5. The van der Waals surface area contributed by atoms with E-state index in [1.165, 1.54) is 0 Å². The summed E-state index contributed by atoms with van der Waals surface area (Å²) < 4.78 is 11.3. The highest BCUT2D eigenvalue weighted by Gasteiger charge is 2.26. The molecule has 26 heavy (non-hydrogen) atoms. The third-order valence-corrected chi connectivity index (χ3v) is 4.65. The standard InChI is InChI=1S/C20H21NO4S/c1-2-13-6-3-4-7-15(13)21-19(20(22)23)18-10-9-17(25-18)14(12-26)16-8-5-11-24-16/h3-11,14,19,21,26H,2,12H2,1H3,(H,22,23). The van der Waals surface area contributed by atoms with Crippen LogP contribution in [0.3, 0.4) is 0 Å². The number of carboxylic acid groups (broad SMARTS) is 1. The van der Waals surface area contributed by atoms with Crippen LogP contribution in [0.2, 0.25) is 0 Å². The molecule has 0 aliphatic rings. The van der Waals surface area contributed by atoms with Crippen molar-refractivity contribution < 1.29 is 18.7 Å². The molecule has 0 spiro atoms. The molecule has 3 rings (SSSR count). The lowest BCUT2D eigenvalue weighted by atomic mass is 10.1. The normalized spacial score (nSPS) is 13.3. The predicted octanol–water partition coefficient (Wildman–Crippen LogP) is 4.73. The van der Waals surface area contributed by atoms with Gasteiger partial charge in [-0.25, -0.2) is 4.79 Å². The summed E-state index contributed by atoms with van der Waals surface area (Å²) in [6.45, 7) is 2.03. The number of carbonyl (C=O) groups is 1. The smallest absolute Gasteiger partial charge is 0.334 e. The number of nitrogens with one attached hydrogen (secondary N) is 1. The molecule has 2 N–H and O–H groups in total. The molecule has 0 fully saturated rings. The molecule has 0 saturated carbocycles. The van der Waals surface area contributed by atoms with Crippen molar-refractivity contribution in [3.63, 3.8) is 0 Å². The first-order valence-electron chi connectivity index (χ1n) is 8.45. The first-order valence-corrected chi connectivity index (χ1v) is 9.08. The van der Waals surface area contributed by atoms with Gasteiger partial charge in [-0.15, -0.1) is 0 Å². The molecule has 5 nitrogen and oxygen atoms in total. The quantitative estimate of drug-likeness (QED) is 0.499. The summed E-state index contributed by atoms with van der Waals surface area (Å²) in [5, 5.41) is 12.8. The number of aryl methyl sites for hydroxylation is 1. The van der Waals surface area contributed by atoms with E-state index in [-0.39, 0.29) is 5.92 Å². The number of anilines is 1. The van der Waals surface area contributed by atoms with Crippen molar-refractivity contribution in [2.24, 2.45) is 0 Å². The largest absolute Gasteiger partial charge is 0.479 e. The van der Waals surface area contributed by atoms with Crippen LogP contribution in [0, 0.1) is 0 Å². The second-order valence-corrected chi connectivity index (χ2v) is 6.28. The number of hydrogen-bond acceptors (Lipinski definition) is 5. The number of thiol groups is 1. The van der Waals surface area contributed by atoms with E-state index >= 15 is 0 Å². The van der Waals surface area contributed by atoms with Gasteiger partial charge in [0.2, 0.25) is 0 Å². The van der Waals surface area contributed by atoms with Gasteiger partial charge in [0, 0.05) is 11.4 Å². The Kier molecular flexibility index (Phi) is 5.73. The van der Waals surface area contributed by atoms with Crippen LogP contribution in [-0.4, -0.2) is 16.8 Å². The van der Waals surface area contributed by atoms with Crippen LogP contribution >= 0.6 is 12.6 Å². The Morgan fingerprint density at radius 1 is 1.12 bits per heavy atom. The Morgan fingerprint density at radius 3 is 2.54 bits per heavy atom. The van der Waals surface area contributed by atoms with Crippen LogP contribution in [0.5, 0.6) is 0 Å². The Morgan fingerprint density at radius 2 is 1.88 bits per heavy atom. The molecule has 0 bridgehead atoms. The van der Waals surface area contributed by atoms with Gasteiger partial charge in [-0.2, -0.15) is 12.6 Å². The average molecular weight is 371 g/mol. The summed E-state index contributed by atoms with van der Waals surface area (Å²) in [4.78, 5) is 11.8. The molecular formula is C20H21NO4S. The maximum atomic E-state index is 11.8. The number of hydrogen-bond donors (Lipinski definition) is 3. The van der Waals surface area contributed by atoms with Gasteiger partial charge in [-0.05, 0) is 42.3 Å². The van der Waals surface area contributed by atoms with E-state index in [0.29, 0.717) is 17.3 Å². The van der Waals surface area contributed by atoms with E-state index in [1.807, 2.05) is 37.3 Å². The molecule has 3 aromatic rings. The van der Waals surface area contributed by atoms with Crippen LogP contribution in [0.4, 0.5) is 5.69 Å². The minimum Gasteiger partial charge on any atom is -0.479 e. The van der Waals surface area contributed by atoms with Crippen molar-refractivity contribution in [2.75, 3.05) is 11.1 Å². The highest BCUT2D eigenvalue weighted by atomic mass is 32.1. The number of aliphatic carboxylic acids is 1. The van der Waals surface area contributed by atoms with Gasteiger partial charge in [0.15, 0.2) is 6.04 Å². The summed E-state index contributed by atoms with van der Waals surface area (Å²) in [6.07, 6.45) is 2.40. The van der Waals surface area contributed by atoms with E-state index in [2.05, 4.69) is 17.9 Å². The molecule has 2 unspecified atom stereocenters. The van der Waals surface area contributed by atoms with Crippen LogP contribution in [0.25, 0.3) is 0 Å². The topological polar surface area (TPSA) is 75.6 Å². The van der Waals surface area contributed by atoms with Crippen molar-refractivity contribution in [3.05, 3.63) is 77.6 Å². The molecule has 1 aromatic carbocycles. The van der Waals surface area contributed by atoms with Crippen LogP contribution in [0.15, 0.2) is 63.6 Å². The highest BCUT2D eigenvalue weighted by Crippen LogP contribution is 2.31. The van der Waals surface area contributed by atoms with Gasteiger partial charge in [0.25, 0.3) is 0 Å². The lowest BCUT2D eigenvalue weighted by Gasteiger charge is -2.16. The summed E-state index contributed by atoms with van der Waals surface area (Å²) in [6, 6.07) is 13.8. The Hall–Kier alpha value is -2.60. The van der Waals surface area contributed by atoms with E-state index in [9.17, 15) is 9.90 Å². The van der Waals surface area contributed by atoms with Crippen LogP contribution in [-0.2, 0) is 11.2 Å². The molecule has 2 heterocycles. The zero-order valence-corrected chi connectivity index (χ0v) is 15.3. The lowest BCUT2D eigenvalue weighted by molar-refractivity contribution is -0.138. The van der Waals surface area contributed by atoms with E-state index in [0.717, 1.165) is 23.4 Å². The molecule has 6 heteroatoms. The lowest BCUT2D eigenvalue weighted by Crippen LogP contribution is -2.20. The van der Waals surface area contributed by atoms with Crippen molar-refractivity contribution >= 4 is 24.3 Å². The molecule has 0 amide bonds. The molecule has 136 valence electrons. The summed E-state index contributed by atoms with van der Waals surface area (Å²) in [5.74, 6) is 1.02. The highest BCUT2D eigenvalue weighted by molar-refractivity contribution is 7.80. The van der Waals surface area contributed by atoms with Gasteiger partial charge >= 0.3 is 5.97 Å². The maximum absolute atomic E-state index is 11.8. The Labute approximate surface area is 157 Å². The third-order valence-electron chi connectivity index (χ3n) is 4.29. The van der Waals surface area contributed by atoms with Crippen LogP contribution < -0.4 is 5.32 Å². The zero-order valence-electron chi connectivity index (χ0n) is 14.4. The van der Waals surface area contributed by atoms with Crippen molar-refractivity contribution in [3.8, 4) is 0 Å². The van der Waals surface area contributed by atoms with Gasteiger partial charge in [0.05, 0.1) is 12.2 Å². The Bertz CT molecular complexity index is 856. The summed E-state index contributed by atoms with van der Waals surface area (Å²) in [7, 11) is 0. The third kappa shape index (κ3) is 3.80. The second kappa shape index (κ2) is 8.19.